The number of alkyl halides is 1. The zero-order valence-electron chi connectivity index (χ0n) is 12.8. The fraction of sp³-hybridized carbons (Fsp3) is 0.562. The third-order valence-electron chi connectivity index (χ3n) is 2.93. The van der Waals surface area contributed by atoms with E-state index in [4.69, 9.17) is 4.74 Å². The van der Waals surface area contributed by atoms with Crippen molar-refractivity contribution in [2.45, 2.75) is 39.9 Å². The molecule has 0 aliphatic heterocycles. The van der Waals surface area contributed by atoms with Crippen LogP contribution in [0, 0.1) is 0 Å². The van der Waals surface area contributed by atoms with Crippen LogP contribution in [-0.2, 0) is 11.3 Å². The molecule has 0 aliphatic rings. The number of hydrogen-bond acceptors (Lipinski definition) is 2. The average molecular weight is 281 g/mol. The van der Waals surface area contributed by atoms with Crippen molar-refractivity contribution in [1.29, 1.82) is 0 Å². The molecule has 0 heterocycles. The highest BCUT2D eigenvalue weighted by atomic mass is 19.1. The molecule has 1 aromatic carbocycles. The predicted molar refractivity (Wildman–Crippen MR) is 78.5 cm³/mol. The molecule has 0 atom stereocenters. The summed E-state index contributed by atoms with van der Waals surface area (Å²) in [5, 5.41) is 0. The Kier molecular flexibility index (Phi) is 6.14. The zero-order chi connectivity index (χ0) is 15.2. The van der Waals surface area contributed by atoms with Crippen LogP contribution in [-0.4, -0.2) is 36.2 Å². The molecule has 0 saturated carbocycles. The predicted octanol–water partition coefficient (Wildman–Crippen LogP) is 3.43. The molecule has 0 aliphatic carbocycles. The summed E-state index contributed by atoms with van der Waals surface area (Å²) in [6.45, 7) is 8.23. The maximum Gasteiger partial charge on any atom is 0.254 e. The number of halogens is 1. The Morgan fingerprint density at radius 1 is 1.30 bits per heavy atom. The van der Waals surface area contributed by atoms with E-state index < -0.39 is 6.67 Å². The first-order chi connectivity index (χ1) is 9.39. The van der Waals surface area contributed by atoms with Crippen molar-refractivity contribution >= 4 is 5.91 Å². The number of carbonyl (C=O) groups excluding carboxylic acids is 1. The smallest absolute Gasteiger partial charge is 0.254 e. The molecular weight excluding hydrogens is 257 g/mol. The highest BCUT2D eigenvalue weighted by molar-refractivity contribution is 5.95. The third kappa shape index (κ3) is 4.93. The Bertz CT molecular complexity index is 440. The summed E-state index contributed by atoms with van der Waals surface area (Å²) in [5.74, 6) is -0.141. The molecule has 0 fully saturated rings. The quantitative estimate of drug-likeness (QED) is 0.799. The van der Waals surface area contributed by atoms with Gasteiger partial charge in [0.15, 0.2) is 0 Å². The number of carbonyl (C=O) groups is 1. The minimum Gasteiger partial charge on any atom is -0.371 e. The normalized spacial score (nSPS) is 11.4. The van der Waals surface area contributed by atoms with Crippen LogP contribution in [0.3, 0.4) is 0 Å². The summed E-state index contributed by atoms with van der Waals surface area (Å²) in [4.78, 5) is 13.9. The topological polar surface area (TPSA) is 29.5 Å². The summed E-state index contributed by atoms with van der Waals surface area (Å²) in [6, 6.07) is 7.34. The lowest BCUT2D eigenvalue weighted by molar-refractivity contribution is -0.0153. The second-order valence-corrected chi connectivity index (χ2v) is 5.63. The maximum absolute atomic E-state index is 12.5. The van der Waals surface area contributed by atoms with Gasteiger partial charge < -0.3 is 9.64 Å². The summed E-state index contributed by atoms with van der Waals surface area (Å²) >= 11 is 0. The van der Waals surface area contributed by atoms with Crippen molar-refractivity contribution in [3.8, 4) is 0 Å². The standard InChI is InChI=1S/C16H24FNO2/c1-5-18(11-10-17)15(19)14-9-7-6-8-13(14)12-20-16(2,3)4/h6-9H,5,10-12H2,1-4H3. The van der Waals surface area contributed by atoms with Gasteiger partial charge >= 0.3 is 0 Å². The summed E-state index contributed by atoms with van der Waals surface area (Å²) < 4.78 is 18.2. The van der Waals surface area contributed by atoms with E-state index in [0.29, 0.717) is 18.7 Å². The number of benzene rings is 1. The van der Waals surface area contributed by atoms with Crippen LogP contribution >= 0.6 is 0 Å². The summed E-state index contributed by atoms with van der Waals surface area (Å²) in [6.07, 6.45) is 0. The summed E-state index contributed by atoms with van der Waals surface area (Å²) in [7, 11) is 0. The van der Waals surface area contributed by atoms with Crippen LogP contribution in [0.4, 0.5) is 4.39 Å². The van der Waals surface area contributed by atoms with Gasteiger partial charge in [0.25, 0.3) is 5.91 Å². The van der Waals surface area contributed by atoms with E-state index in [-0.39, 0.29) is 18.1 Å². The van der Waals surface area contributed by atoms with E-state index in [1.165, 1.54) is 4.90 Å². The lowest BCUT2D eigenvalue weighted by Gasteiger charge is -2.23. The van der Waals surface area contributed by atoms with Gasteiger partial charge in [-0.05, 0) is 39.3 Å². The van der Waals surface area contributed by atoms with Gasteiger partial charge in [-0.1, -0.05) is 18.2 Å². The third-order valence-corrected chi connectivity index (χ3v) is 2.93. The van der Waals surface area contributed by atoms with Crippen molar-refractivity contribution < 1.29 is 13.9 Å². The van der Waals surface area contributed by atoms with E-state index in [1.54, 1.807) is 6.07 Å². The Morgan fingerprint density at radius 3 is 2.50 bits per heavy atom. The monoisotopic (exact) mass is 281 g/mol. The molecule has 0 spiro atoms. The molecule has 0 aromatic heterocycles. The molecule has 0 radical (unpaired) electrons. The zero-order valence-corrected chi connectivity index (χ0v) is 12.8. The fourth-order valence-corrected chi connectivity index (χ4v) is 1.82. The second kappa shape index (κ2) is 7.39. The molecule has 112 valence electrons. The highest BCUT2D eigenvalue weighted by Crippen LogP contribution is 2.17. The molecule has 1 aromatic rings. The first-order valence-electron chi connectivity index (χ1n) is 6.96. The van der Waals surface area contributed by atoms with Gasteiger partial charge in [-0.15, -0.1) is 0 Å². The van der Waals surface area contributed by atoms with E-state index in [1.807, 2.05) is 45.9 Å². The minimum atomic E-state index is -0.528. The molecule has 1 rings (SSSR count). The van der Waals surface area contributed by atoms with Crippen molar-refractivity contribution in [1.82, 2.24) is 4.90 Å². The van der Waals surface area contributed by atoms with Crippen LogP contribution < -0.4 is 0 Å². The van der Waals surface area contributed by atoms with Gasteiger partial charge in [-0.2, -0.15) is 0 Å². The van der Waals surface area contributed by atoms with Crippen LogP contribution in [0.25, 0.3) is 0 Å². The average Bonchev–Trinajstić information content (AvgIpc) is 2.41. The fourth-order valence-electron chi connectivity index (χ4n) is 1.82. The van der Waals surface area contributed by atoms with Crippen molar-refractivity contribution in [2.24, 2.45) is 0 Å². The first-order valence-corrected chi connectivity index (χ1v) is 6.96. The molecule has 3 nitrogen and oxygen atoms in total. The molecule has 0 unspecified atom stereocenters. The Labute approximate surface area is 120 Å². The summed E-state index contributed by atoms with van der Waals surface area (Å²) in [5.41, 5.74) is 1.16. The molecule has 0 bridgehead atoms. The van der Waals surface area contributed by atoms with Gasteiger partial charge in [0.2, 0.25) is 0 Å². The minimum absolute atomic E-state index is 0.129. The van der Waals surface area contributed by atoms with Crippen LogP contribution in [0.5, 0.6) is 0 Å². The number of rotatable bonds is 6. The SMILES string of the molecule is CCN(CCF)C(=O)c1ccccc1COC(C)(C)C. The largest absolute Gasteiger partial charge is 0.371 e. The van der Waals surface area contributed by atoms with Gasteiger partial charge in [0, 0.05) is 18.7 Å². The van der Waals surface area contributed by atoms with Crippen molar-refractivity contribution in [2.75, 3.05) is 19.8 Å². The van der Waals surface area contributed by atoms with E-state index >= 15 is 0 Å². The van der Waals surface area contributed by atoms with Gasteiger partial charge in [-0.3, -0.25) is 4.79 Å². The highest BCUT2D eigenvalue weighted by Gasteiger charge is 2.18. The number of ether oxygens (including phenoxy) is 1. The molecule has 4 heteroatoms. The van der Waals surface area contributed by atoms with Crippen LogP contribution in [0.2, 0.25) is 0 Å². The lowest BCUT2D eigenvalue weighted by Crippen LogP contribution is -2.33. The maximum atomic E-state index is 12.5. The number of amides is 1. The Morgan fingerprint density at radius 2 is 1.95 bits per heavy atom. The van der Waals surface area contributed by atoms with Crippen molar-refractivity contribution in [3.63, 3.8) is 0 Å². The molecule has 0 saturated heterocycles. The molecular formula is C16H24FNO2. The second-order valence-electron chi connectivity index (χ2n) is 5.63. The van der Waals surface area contributed by atoms with E-state index in [2.05, 4.69) is 0 Å². The molecule has 1 amide bonds. The number of nitrogens with zero attached hydrogens (tertiary/aromatic N) is 1. The lowest BCUT2D eigenvalue weighted by atomic mass is 10.1. The van der Waals surface area contributed by atoms with Gasteiger partial charge in [-0.25, -0.2) is 4.39 Å². The van der Waals surface area contributed by atoms with Crippen LogP contribution in [0.1, 0.15) is 43.6 Å². The number of hydrogen-bond donors (Lipinski definition) is 0. The molecule has 20 heavy (non-hydrogen) atoms. The van der Waals surface area contributed by atoms with Gasteiger partial charge in [0.1, 0.15) is 6.67 Å². The van der Waals surface area contributed by atoms with E-state index in [0.717, 1.165) is 5.56 Å². The Hall–Kier alpha value is -1.42. The Balaban J connectivity index is 2.91. The first kappa shape index (κ1) is 16.6. The van der Waals surface area contributed by atoms with Crippen LogP contribution in [0.15, 0.2) is 24.3 Å². The van der Waals surface area contributed by atoms with Crippen molar-refractivity contribution in [3.05, 3.63) is 35.4 Å². The van der Waals surface area contributed by atoms with Gasteiger partial charge in [0.05, 0.1) is 12.2 Å². The molecule has 0 N–H and O–H groups in total. The van der Waals surface area contributed by atoms with E-state index in [9.17, 15) is 9.18 Å².